The van der Waals surface area contributed by atoms with Crippen LogP contribution in [0.25, 0.3) is 0 Å². The molecular formula is C13H19F3O. The lowest BCUT2D eigenvalue weighted by Gasteiger charge is -2.25. The molecule has 4 heteroatoms. The lowest BCUT2D eigenvalue weighted by molar-refractivity contribution is -0.169. The third-order valence-corrected chi connectivity index (χ3v) is 3.00. The fourth-order valence-corrected chi connectivity index (χ4v) is 2.05. The van der Waals surface area contributed by atoms with Crippen LogP contribution in [0.15, 0.2) is 23.8 Å². The van der Waals surface area contributed by atoms with Gasteiger partial charge in [-0.15, -0.1) is 0 Å². The zero-order valence-electron chi connectivity index (χ0n) is 10.3. The highest BCUT2D eigenvalue weighted by Crippen LogP contribution is 2.37. The summed E-state index contributed by atoms with van der Waals surface area (Å²) in [6, 6.07) is 0. The molecule has 0 spiro atoms. The number of hydrogen-bond acceptors (Lipinski definition) is 1. The maximum atomic E-state index is 12.6. The van der Waals surface area contributed by atoms with Crippen LogP contribution >= 0.6 is 0 Å². The molecule has 0 N–H and O–H groups in total. The second kappa shape index (κ2) is 6.24. The van der Waals surface area contributed by atoms with E-state index < -0.39 is 18.0 Å². The van der Waals surface area contributed by atoms with Gasteiger partial charge in [0.1, 0.15) is 0 Å². The van der Waals surface area contributed by atoms with Crippen LogP contribution in [0.2, 0.25) is 0 Å². The van der Waals surface area contributed by atoms with Crippen molar-refractivity contribution in [2.45, 2.75) is 32.4 Å². The first-order valence-corrected chi connectivity index (χ1v) is 5.89. The van der Waals surface area contributed by atoms with Gasteiger partial charge in [0.05, 0.1) is 5.92 Å². The zero-order chi connectivity index (χ0) is 12.9. The van der Waals surface area contributed by atoms with E-state index in [0.717, 1.165) is 24.8 Å². The number of methoxy groups -OCH3 is 1. The highest BCUT2D eigenvalue weighted by Gasteiger charge is 2.41. The summed E-state index contributed by atoms with van der Waals surface area (Å²) in [7, 11) is 1.65. The fourth-order valence-electron chi connectivity index (χ4n) is 2.05. The summed E-state index contributed by atoms with van der Waals surface area (Å²) in [5.74, 6) is -1.79. The Morgan fingerprint density at radius 3 is 2.53 bits per heavy atom. The van der Waals surface area contributed by atoms with E-state index in [1.165, 1.54) is 6.08 Å². The monoisotopic (exact) mass is 248 g/mol. The Balaban J connectivity index is 2.44. The summed E-state index contributed by atoms with van der Waals surface area (Å²) in [5.41, 5.74) is 1.01. The summed E-state index contributed by atoms with van der Waals surface area (Å²) >= 11 is 0. The molecule has 0 aromatic rings. The molecule has 0 aliphatic heterocycles. The minimum absolute atomic E-state index is 0.461. The molecule has 0 heterocycles. The second-order valence-electron chi connectivity index (χ2n) is 4.48. The van der Waals surface area contributed by atoms with E-state index in [9.17, 15) is 13.2 Å². The number of halogens is 3. The van der Waals surface area contributed by atoms with Crippen molar-refractivity contribution in [1.29, 1.82) is 0 Å². The van der Waals surface area contributed by atoms with Gasteiger partial charge in [-0.3, -0.25) is 0 Å². The summed E-state index contributed by atoms with van der Waals surface area (Å²) in [5, 5.41) is 0. The van der Waals surface area contributed by atoms with Crippen molar-refractivity contribution in [3.63, 3.8) is 0 Å². The van der Waals surface area contributed by atoms with Crippen LogP contribution in [0.4, 0.5) is 13.2 Å². The minimum Gasteiger partial charge on any atom is -0.385 e. The van der Waals surface area contributed by atoms with E-state index in [1.54, 1.807) is 26.2 Å². The SMILES string of the molecule is COCCCCC1=CC(C)C(C(F)(F)F)C=C1. The van der Waals surface area contributed by atoms with Crippen molar-refractivity contribution in [3.8, 4) is 0 Å². The number of allylic oxidation sites excluding steroid dienone is 4. The van der Waals surface area contributed by atoms with Gasteiger partial charge >= 0.3 is 6.18 Å². The normalized spacial score (nSPS) is 24.9. The Morgan fingerprint density at radius 2 is 2.00 bits per heavy atom. The van der Waals surface area contributed by atoms with E-state index in [1.807, 2.05) is 0 Å². The lowest BCUT2D eigenvalue weighted by Crippen LogP contribution is -2.27. The molecule has 0 aromatic carbocycles. The Kier molecular flexibility index (Phi) is 5.25. The number of unbranched alkanes of at least 4 members (excludes halogenated alkanes) is 1. The van der Waals surface area contributed by atoms with Crippen LogP contribution in [0.1, 0.15) is 26.2 Å². The third kappa shape index (κ3) is 4.54. The molecule has 2 atom stereocenters. The number of ether oxygens (including phenoxy) is 1. The van der Waals surface area contributed by atoms with E-state index in [2.05, 4.69) is 0 Å². The molecule has 1 nitrogen and oxygen atoms in total. The van der Waals surface area contributed by atoms with Gasteiger partial charge < -0.3 is 4.74 Å². The fraction of sp³-hybridized carbons (Fsp3) is 0.692. The number of rotatable bonds is 5. The molecule has 0 radical (unpaired) electrons. The molecule has 0 bridgehead atoms. The Labute approximate surface area is 100 Å². The molecule has 0 amide bonds. The molecule has 2 unspecified atom stereocenters. The largest absolute Gasteiger partial charge is 0.395 e. The molecular weight excluding hydrogens is 229 g/mol. The van der Waals surface area contributed by atoms with Gasteiger partial charge in [-0.05, 0) is 25.2 Å². The predicted octanol–water partition coefficient (Wildman–Crippen LogP) is 4.11. The van der Waals surface area contributed by atoms with Crippen molar-refractivity contribution in [2.75, 3.05) is 13.7 Å². The van der Waals surface area contributed by atoms with Crippen LogP contribution in [0, 0.1) is 11.8 Å². The predicted molar refractivity (Wildman–Crippen MR) is 61.7 cm³/mol. The summed E-state index contributed by atoms with van der Waals surface area (Å²) in [6.07, 6.45) is 3.24. The molecule has 1 aliphatic rings. The average molecular weight is 248 g/mol. The number of hydrogen-bond donors (Lipinski definition) is 0. The second-order valence-corrected chi connectivity index (χ2v) is 4.48. The van der Waals surface area contributed by atoms with Gasteiger partial charge in [-0.25, -0.2) is 0 Å². The maximum Gasteiger partial charge on any atom is 0.395 e. The molecule has 0 aromatic heterocycles. The van der Waals surface area contributed by atoms with Gasteiger partial charge in [0.25, 0.3) is 0 Å². The zero-order valence-corrected chi connectivity index (χ0v) is 10.3. The van der Waals surface area contributed by atoms with Crippen LogP contribution in [0.3, 0.4) is 0 Å². The van der Waals surface area contributed by atoms with Crippen molar-refractivity contribution < 1.29 is 17.9 Å². The minimum atomic E-state index is -4.13. The molecule has 17 heavy (non-hydrogen) atoms. The molecule has 0 saturated heterocycles. The first-order valence-electron chi connectivity index (χ1n) is 5.89. The topological polar surface area (TPSA) is 9.23 Å². The number of alkyl halides is 3. The van der Waals surface area contributed by atoms with E-state index in [0.29, 0.717) is 6.61 Å². The van der Waals surface area contributed by atoms with Gasteiger partial charge in [0.15, 0.2) is 0 Å². The van der Waals surface area contributed by atoms with E-state index in [4.69, 9.17) is 4.74 Å². The Morgan fingerprint density at radius 1 is 1.29 bits per heavy atom. The highest BCUT2D eigenvalue weighted by molar-refractivity contribution is 5.26. The van der Waals surface area contributed by atoms with Crippen LogP contribution in [0.5, 0.6) is 0 Å². The van der Waals surface area contributed by atoms with Crippen LogP contribution < -0.4 is 0 Å². The lowest BCUT2D eigenvalue weighted by atomic mass is 9.85. The maximum absolute atomic E-state index is 12.6. The van der Waals surface area contributed by atoms with E-state index in [-0.39, 0.29) is 0 Å². The average Bonchev–Trinajstić information content (AvgIpc) is 2.23. The molecule has 1 aliphatic carbocycles. The van der Waals surface area contributed by atoms with Gasteiger partial charge in [0, 0.05) is 13.7 Å². The van der Waals surface area contributed by atoms with Gasteiger partial charge in [-0.2, -0.15) is 13.2 Å². The van der Waals surface area contributed by atoms with Crippen molar-refractivity contribution in [2.24, 2.45) is 11.8 Å². The van der Waals surface area contributed by atoms with Gasteiger partial charge in [0.2, 0.25) is 0 Å². The first-order chi connectivity index (χ1) is 7.95. The Hall–Kier alpha value is -0.770. The Bertz CT molecular complexity index is 292. The molecule has 0 saturated carbocycles. The third-order valence-electron chi connectivity index (χ3n) is 3.00. The molecule has 98 valence electrons. The van der Waals surface area contributed by atoms with Crippen molar-refractivity contribution >= 4 is 0 Å². The molecule has 0 fully saturated rings. The summed E-state index contributed by atoms with van der Waals surface area (Å²) in [4.78, 5) is 0. The van der Waals surface area contributed by atoms with E-state index >= 15 is 0 Å². The summed E-state index contributed by atoms with van der Waals surface area (Å²) in [6.45, 7) is 2.33. The van der Waals surface area contributed by atoms with Gasteiger partial charge in [-0.1, -0.05) is 30.7 Å². The first kappa shape index (κ1) is 14.3. The van der Waals surface area contributed by atoms with Crippen LogP contribution in [-0.2, 0) is 4.74 Å². The smallest absolute Gasteiger partial charge is 0.385 e. The van der Waals surface area contributed by atoms with Crippen molar-refractivity contribution in [3.05, 3.63) is 23.8 Å². The molecule has 1 rings (SSSR count). The summed E-state index contributed by atoms with van der Waals surface area (Å²) < 4.78 is 42.7. The quantitative estimate of drug-likeness (QED) is 0.665. The van der Waals surface area contributed by atoms with Crippen LogP contribution in [-0.4, -0.2) is 19.9 Å². The highest BCUT2D eigenvalue weighted by atomic mass is 19.4. The van der Waals surface area contributed by atoms with Crippen molar-refractivity contribution in [1.82, 2.24) is 0 Å². The standard InChI is InChI=1S/C13H19F3O/c1-10-9-11(5-3-4-8-17-2)6-7-12(10)13(14,15)16/h6-7,9-10,12H,3-5,8H2,1-2H3.